The molecule has 1 fully saturated rings. The molecule has 20 heavy (non-hydrogen) atoms. The molecule has 2 aliphatic rings. The molecule has 0 spiro atoms. The summed E-state index contributed by atoms with van der Waals surface area (Å²) in [5.74, 6) is 1.22. The van der Waals surface area contributed by atoms with Gasteiger partial charge >= 0.3 is 0 Å². The average molecular weight is 300 g/mol. The maximum absolute atomic E-state index is 12.1. The van der Waals surface area contributed by atoms with E-state index in [1.807, 2.05) is 13.8 Å². The summed E-state index contributed by atoms with van der Waals surface area (Å²) in [6.07, 6.45) is 4.62. The van der Waals surface area contributed by atoms with Crippen LogP contribution in [0.2, 0.25) is 0 Å². The van der Waals surface area contributed by atoms with Gasteiger partial charge in [0.05, 0.1) is 18.1 Å². The summed E-state index contributed by atoms with van der Waals surface area (Å²) in [6.45, 7) is 7.78. The van der Waals surface area contributed by atoms with Crippen molar-refractivity contribution in [1.29, 1.82) is 0 Å². The highest BCUT2D eigenvalue weighted by atomic mass is 32.2. The van der Waals surface area contributed by atoms with Gasteiger partial charge in [0, 0.05) is 25.7 Å². The Hall–Kier alpha value is -1.08. The molecule has 0 amide bonds. The first-order valence-electron chi connectivity index (χ1n) is 7.22. The van der Waals surface area contributed by atoms with E-state index in [4.69, 9.17) is 0 Å². The maximum atomic E-state index is 12.1. The molecule has 0 aromatic heterocycles. The number of sulfonamides is 1. The highest BCUT2D eigenvalue weighted by Gasteiger charge is 2.33. The van der Waals surface area contributed by atoms with Gasteiger partial charge in [-0.2, -0.15) is 4.31 Å². The van der Waals surface area contributed by atoms with Crippen molar-refractivity contribution in [1.82, 2.24) is 14.5 Å². The van der Waals surface area contributed by atoms with Gasteiger partial charge < -0.3 is 10.2 Å². The normalized spacial score (nSPS) is 28.1. The molecular formula is C13H24N4O2S. The number of rotatable bonds is 4. The smallest absolute Gasteiger partial charge is 0.214 e. The largest absolute Gasteiger partial charge is 0.355 e. The van der Waals surface area contributed by atoms with Crippen LogP contribution in [0.25, 0.3) is 0 Å². The number of aliphatic imine (C=N–C) groups is 1. The fraction of sp³-hybridized carbons (Fsp3) is 0.769. The first-order valence-corrected chi connectivity index (χ1v) is 8.83. The highest BCUT2D eigenvalue weighted by molar-refractivity contribution is 7.89. The van der Waals surface area contributed by atoms with Crippen molar-refractivity contribution in [2.45, 2.75) is 39.3 Å². The summed E-state index contributed by atoms with van der Waals surface area (Å²) >= 11 is 0. The number of piperazine rings is 1. The van der Waals surface area contributed by atoms with Crippen LogP contribution in [0.4, 0.5) is 0 Å². The quantitative estimate of drug-likeness (QED) is 0.825. The molecule has 2 aliphatic heterocycles. The van der Waals surface area contributed by atoms with Gasteiger partial charge in [0.1, 0.15) is 5.82 Å². The SMILES string of the molecule is CC[C@@H]1CN(C2=CC(C)N=CN2)CCN1S(=O)(=O)CC. The zero-order chi connectivity index (χ0) is 14.8. The molecule has 0 saturated carbocycles. The lowest BCUT2D eigenvalue weighted by atomic mass is 10.1. The van der Waals surface area contributed by atoms with Crippen molar-refractivity contribution in [2.75, 3.05) is 25.4 Å². The average Bonchev–Trinajstić information content (AvgIpc) is 2.46. The predicted molar refractivity (Wildman–Crippen MR) is 81.0 cm³/mol. The van der Waals surface area contributed by atoms with Crippen molar-refractivity contribution in [3.05, 3.63) is 11.9 Å². The van der Waals surface area contributed by atoms with Gasteiger partial charge in [-0.25, -0.2) is 8.42 Å². The van der Waals surface area contributed by atoms with Gasteiger partial charge in [0.2, 0.25) is 10.0 Å². The van der Waals surface area contributed by atoms with E-state index < -0.39 is 10.0 Å². The molecule has 2 rings (SSSR count). The maximum Gasteiger partial charge on any atom is 0.214 e. The zero-order valence-corrected chi connectivity index (χ0v) is 13.2. The second-order valence-corrected chi connectivity index (χ2v) is 7.44. The summed E-state index contributed by atoms with van der Waals surface area (Å²) in [7, 11) is -3.11. The number of nitrogens with zero attached hydrogens (tertiary/aromatic N) is 3. The van der Waals surface area contributed by atoms with E-state index in [2.05, 4.69) is 21.3 Å². The topological polar surface area (TPSA) is 65.0 Å². The second kappa shape index (κ2) is 6.13. The van der Waals surface area contributed by atoms with Crippen LogP contribution in [0.3, 0.4) is 0 Å². The summed E-state index contributed by atoms with van der Waals surface area (Å²) in [4.78, 5) is 6.46. The molecule has 6 nitrogen and oxygen atoms in total. The molecule has 0 aromatic carbocycles. The van der Waals surface area contributed by atoms with E-state index in [9.17, 15) is 8.42 Å². The molecule has 7 heteroatoms. The van der Waals surface area contributed by atoms with Crippen LogP contribution in [-0.2, 0) is 10.0 Å². The summed E-state index contributed by atoms with van der Waals surface area (Å²) < 4.78 is 25.9. The van der Waals surface area contributed by atoms with Crippen molar-refractivity contribution in [2.24, 2.45) is 4.99 Å². The van der Waals surface area contributed by atoms with Crippen LogP contribution in [0.1, 0.15) is 27.2 Å². The van der Waals surface area contributed by atoms with Crippen molar-refractivity contribution in [3.8, 4) is 0 Å². The first kappa shape index (κ1) is 15.3. The fourth-order valence-electron chi connectivity index (χ4n) is 2.66. The zero-order valence-electron chi connectivity index (χ0n) is 12.4. The monoisotopic (exact) mass is 300 g/mol. The summed E-state index contributed by atoms with van der Waals surface area (Å²) in [5, 5.41) is 3.16. The minimum Gasteiger partial charge on any atom is -0.355 e. The van der Waals surface area contributed by atoms with Gasteiger partial charge in [-0.3, -0.25) is 4.99 Å². The predicted octanol–water partition coefficient (Wildman–Crippen LogP) is 0.594. The van der Waals surface area contributed by atoms with E-state index in [-0.39, 0.29) is 17.8 Å². The Bertz CT molecular complexity index is 501. The molecule has 2 atom stereocenters. The third-order valence-corrected chi connectivity index (χ3v) is 5.81. The van der Waals surface area contributed by atoms with E-state index in [1.54, 1.807) is 17.6 Å². The molecule has 1 saturated heterocycles. The molecule has 114 valence electrons. The van der Waals surface area contributed by atoms with Crippen LogP contribution in [0.5, 0.6) is 0 Å². The van der Waals surface area contributed by atoms with Crippen LogP contribution in [-0.4, -0.2) is 61.4 Å². The first-order chi connectivity index (χ1) is 9.47. The third-order valence-electron chi connectivity index (χ3n) is 3.88. The van der Waals surface area contributed by atoms with Gasteiger partial charge in [-0.1, -0.05) is 6.92 Å². The van der Waals surface area contributed by atoms with E-state index in [0.717, 1.165) is 25.3 Å². The van der Waals surface area contributed by atoms with Crippen molar-refractivity contribution >= 4 is 16.4 Å². The molecule has 0 bridgehead atoms. The number of hydrogen-bond acceptors (Lipinski definition) is 5. The Morgan fingerprint density at radius 1 is 1.40 bits per heavy atom. The van der Waals surface area contributed by atoms with Gasteiger partial charge in [-0.15, -0.1) is 0 Å². The van der Waals surface area contributed by atoms with E-state index in [1.165, 1.54) is 0 Å². The fourth-order valence-corrected chi connectivity index (χ4v) is 4.02. The number of nitrogens with one attached hydrogen (secondary N) is 1. The molecule has 1 unspecified atom stereocenters. The standard InChI is InChI=1S/C13H24N4O2S/c1-4-12-9-16(13-8-11(3)14-10-15-13)6-7-17(12)20(18,19)5-2/h8,10-12H,4-7,9H2,1-3H3,(H,14,15)/t11?,12-/m1/s1. The molecule has 0 aromatic rings. The number of hydrogen-bond donors (Lipinski definition) is 1. The molecular weight excluding hydrogens is 276 g/mol. The Labute approximate surface area is 121 Å². The Kier molecular flexibility index (Phi) is 4.70. The minimum atomic E-state index is -3.11. The highest BCUT2D eigenvalue weighted by Crippen LogP contribution is 2.20. The van der Waals surface area contributed by atoms with Gasteiger partial charge in [-0.05, 0) is 26.3 Å². The van der Waals surface area contributed by atoms with Crippen LogP contribution < -0.4 is 5.32 Å². The second-order valence-electron chi connectivity index (χ2n) is 5.23. The lowest BCUT2D eigenvalue weighted by Crippen LogP contribution is -2.56. The van der Waals surface area contributed by atoms with E-state index in [0.29, 0.717) is 6.54 Å². The van der Waals surface area contributed by atoms with Crippen LogP contribution in [0.15, 0.2) is 16.9 Å². The minimum absolute atomic E-state index is 0.0468. The molecule has 2 heterocycles. The Balaban J connectivity index is 2.10. The van der Waals surface area contributed by atoms with Crippen molar-refractivity contribution < 1.29 is 8.42 Å². The third kappa shape index (κ3) is 3.15. The summed E-state index contributed by atoms with van der Waals surface area (Å²) in [5.41, 5.74) is 0. The van der Waals surface area contributed by atoms with Gasteiger partial charge in [0.25, 0.3) is 0 Å². The Morgan fingerprint density at radius 2 is 2.15 bits per heavy atom. The lowest BCUT2D eigenvalue weighted by molar-refractivity contribution is 0.157. The molecule has 0 radical (unpaired) electrons. The molecule has 0 aliphatic carbocycles. The lowest BCUT2D eigenvalue weighted by Gasteiger charge is -2.42. The van der Waals surface area contributed by atoms with Crippen LogP contribution >= 0.6 is 0 Å². The van der Waals surface area contributed by atoms with Crippen LogP contribution in [0, 0.1) is 0 Å². The van der Waals surface area contributed by atoms with Gasteiger partial charge in [0.15, 0.2) is 0 Å². The Morgan fingerprint density at radius 3 is 2.75 bits per heavy atom. The summed E-state index contributed by atoms with van der Waals surface area (Å²) in [6, 6.07) is 0.217. The molecule has 1 N–H and O–H groups in total. The van der Waals surface area contributed by atoms with E-state index >= 15 is 0 Å². The van der Waals surface area contributed by atoms with Crippen molar-refractivity contribution in [3.63, 3.8) is 0 Å².